The lowest BCUT2D eigenvalue weighted by Gasteiger charge is -2.38. The topological polar surface area (TPSA) is 9.23 Å². The Labute approximate surface area is 75.8 Å². The second-order valence-corrected chi connectivity index (χ2v) is 3.99. The van der Waals surface area contributed by atoms with E-state index in [-0.39, 0.29) is 5.60 Å². The predicted octanol–water partition coefficient (Wildman–Crippen LogP) is 3.30. The van der Waals surface area contributed by atoms with Crippen LogP contribution in [0.4, 0.5) is 0 Å². The smallest absolute Gasteiger partial charge is 0.0679 e. The van der Waals surface area contributed by atoms with Gasteiger partial charge >= 0.3 is 0 Å². The summed E-state index contributed by atoms with van der Waals surface area (Å²) in [6.45, 7) is 7.58. The summed E-state index contributed by atoms with van der Waals surface area (Å²) in [5, 5.41) is 0. The summed E-state index contributed by atoms with van der Waals surface area (Å²) in [6.07, 6.45) is 7.12. The van der Waals surface area contributed by atoms with Crippen LogP contribution >= 0.6 is 0 Å². The molecule has 1 rings (SSSR count). The van der Waals surface area contributed by atoms with E-state index in [0.717, 1.165) is 6.61 Å². The Balaban J connectivity index is 2.17. The molecule has 1 saturated heterocycles. The first kappa shape index (κ1) is 9.79. The van der Waals surface area contributed by atoms with Gasteiger partial charge in [0.2, 0.25) is 0 Å². The second kappa shape index (κ2) is 4.08. The quantitative estimate of drug-likeness (QED) is 0.585. The maximum atomic E-state index is 5.50. The molecule has 0 radical (unpaired) electrons. The minimum Gasteiger partial charge on any atom is -0.375 e. The molecule has 0 bridgehead atoms. The Bertz CT molecular complexity index is 166. The SMILES string of the molecule is CC/C(C)=C/CCC1(C)CCO1. The normalized spacial score (nSPS) is 30.1. The van der Waals surface area contributed by atoms with Gasteiger partial charge in [-0.15, -0.1) is 0 Å². The van der Waals surface area contributed by atoms with Gasteiger partial charge in [-0.1, -0.05) is 18.6 Å². The Hall–Kier alpha value is -0.300. The fraction of sp³-hybridized carbons (Fsp3) is 0.818. The van der Waals surface area contributed by atoms with E-state index in [1.807, 2.05) is 0 Å². The van der Waals surface area contributed by atoms with E-state index < -0.39 is 0 Å². The highest BCUT2D eigenvalue weighted by Gasteiger charge is 2.31. The molecule has 70 valence electrons. The highest BCUT2D eigenvalue weighted by molar-refractivity contribution is 4.98. The van der Waals surface area contributed by atoms with Crippen LogP contribution in [-0.2, 0) is 4.74 Å². The third kappa shape index (κ3) is 2.63. The van der Waals surface area contributed by atoms with Crippen molar-refractivity contribution >= 4 is 0 Å². The number of hydrogen-bond donors (Lipinski definition) is 0. The maximum absolute atomic E-state index is 5.50. The van der Waals surface area contributed by atoms with Crippen molar-refractivity contribution < 1.29 is 4.74 Å². The van der Waals surface area contributed by atoms with E-state index in [1.54, 1.807) is 0 Å². The van der Waals surface area contributed by atoms with Gasteiger partial charge in [0.05, 0.1) is 12.2 Å². The Morgan fingerprint density at radius 1 is 1.58 bits per heavy atom. The summed E-state index contributed by atoms with van der Waals surface area (Å²) in [7, 11) is 0. The standard InChI is InChI=1S/C11H20O/c1-4-10(2)6-5-7-11(3)8-9-12-11/h6H,4-5,7-9H2,1-3H3/b10-6+. The molecule has 0 aromatic carbocycles. The lowest BCUT2D eigenvalue weighted by atomic mass is 9.91. The van der Waals surface area contributed by atoms with Gasteiger partial charge in [0.25, 0.3) is 0 Å². The maximum Gasteiger partial charge on any atom is 0.0679 e. The van der Waals surface area contributed by atoms with E-state index in [2.05, 4.69) is 26.8 Å². The molecule has 0 saturated carbocycles. The number of allylic oxidation sites excluding steroid dienone is 2. The summed E-state index contributed by atoms with van der Waals surface area (Å²) >= 11 is 0. The Morgan fingerprint density at radius 2 is 2.25 bits per heavy atom. The molecule has 1 heterocycles. The molecule has 12 heavy (non-hydrogen) atoms. The largest absolute Gasteiger partial charge is 0.375 e. The van der Waals surface area contributed by atoms with E-state index in [0.29, 0.717) is 0 Å². The molecule has 1 heteroatoms. The molecule has 1 aliphatic heterocycles. The lowest BCUT2D eigenvalue weighted by molar-refractivity contribution is -0.137. The van der Waals surface area contributed by atoms with Gasteiger partial charge in [-0.3, -0.25) is 0 Å². The van der Waals surface area contributed by atoms with Crippen LogP contribution in [0.25, 0.3) is 0 Å². The summed E-state index contributed by atoms with van der Waals surface area (Å²) in [5.41, 5.74) is 1.71. The molecular weight excluding hydrogens is 148 g/mol. The van der Waals surface area contributed by atoms with Gasteiger partial charge in [0.15, 0.2) is 0 Å². The fourth-order valence-corrected chi connectivity index (χ4v) is 1.42. The van der Waals surface area contributed by atoms with Crippen LogP contribution in [0.2, 0.25) is 0 Å². The van der Waals surface area contributed by atoms with Crippen LogP contribution in [0, 0.1) is 0 Å². The third-order valence-electron chi connectivity index (χ3n) is 2.81. The fourth-order valence-electron chi connectivity index (χ4n) is 1.42. The number of rotatable bonds is 4. The van der Waals surface area contributed by atoms with Crippen LogP contribution in [0.15, 0.2) is 11.6 Å². The highest BCUT2D eigenvalue weighted by atomic mass is 16.5. The number of hydrogen-bond acceptors (Lipinski definition) is 1. The first-order chi connectivity index (χ1) is 5.66. The Kier molecular flexibility index (Phi) is 3.33. The minimum atomic E-state index is 0.213. The zero-order valence-corrected chi connectivity index (χ0v) is 8.52. The van der Waals surface area contributed by atoms with Crippen LogP contribution in [0.3, 0.4) is 0 Å². The van der Waals surface area contributed by atoms with Crippen molar-refractivity contribution in [1.29, 1.82) is 0 Å². The molecule has 1 unspecified atom stereocenters. The van der Waals surface area contributed by atoms with Crippen LogP contribution in [-0.4, -0.2) is 12.2 Å². The predicted molar refractivity (Wildman–Crippen MR) is 52.3 cm³/mol. The van der Waals surface area contributed by atoms with E-state index in [1.165, 1.54) is 31.3 Å². The average molecular weight is 168 g/mol. The first-order valence-electron chi connectivity index (χ1n) is 4.96. The van der Waals surface area contributed by atoms with Crippen molar-refractivity contribution in [3.63, 3.8) is 0 Å². The Morgan fingerprint density at radius 3 is 2.67 bits per heavy atom. The van der Waals surface area contributed by atoms with Gasteiger partial charge in [-0.2, -0.15) is 0 Å². The summed E-state index contributed by atoms with van der Waals surface area (Å²) in [4.78, 5) is 0. The molecule has 1 atom stereocenters. The summed E-state index contributed by atoms with van der Waals surface area (Å²) < 4.78 is 5.50. The first-order valence-corrected chi connectivity index (χ1v) is 4.96. The van der Waals surface area contributed by atoms with Crippen molar-refractivity contribution in [2.75, 3.05) is 6.61 Å². The van der Waals surface area contributed by atoms with Crippen molar-refractivity contribution in [1.82, 2.24) is 0 Å². The lowest BCUT2D eigenvalue weighted by Crippen LogP contribution is -2.40. The molecule has 0 aromatic rings. The van der Waals surface area contributed by atoms with E-state index >= 15 is 0 Å². The number of ether oxygens (including phenoxy) is 1. The second-order valence-electron chi connectivity index (χ2n) is 3.99. The molecule has 0 aromatic heterocycles. The monoisotopic (exact) mass is 168 g/mol. The van der Waals surface area contributed by atoms with Crippen molar-refractivity contribution in [3.8, 4) is 0 Å². The zero-order valence-electron chi connectivity index (χ0n) is 8.52. The third-order valence-corrected chi connectivity index (χ3v) is 2.81. The van der Waals surface area contributed by atoms with E-state index in [4.69, 9.17) is 4.74 Å². The van der Waals surface area contributed by atoms with Crippen LogP contribution < -0.4 is 0 Å². The van der Waals surface area contributed by atoms with Crippen molar-refractivity contribution in [3.05, 3.63) is 11.6 Å². The highest BCUT2D eigenvalue weighted by Crippen LogP contribution is 2.30. The van der Waals surface area contributed by atoms with E-state index in [9.17, 15) is 0 Å². The molecule has 0 aliphatic carbocycles. The van der Waals surface area contributed by atoms with Gasteiger partial charge in [0.1, 0.15) is 0 Å². The molecule has 1 aliphatic rings. The molecule has 1 nitrogen and oxygen atoms in total. The van der Waals surface area contributed by atoms with Crippen LogP contribution in [0.1, 0.15) is 46.5 Å². The average Bonchev–Trinajstić information content (AvgIpc) is 2.01. The molecule has 1 fully saturated rings. The minimum absolute atomic E-state index is 0.213. The van der Waals surface area contributed by atoms with Crippen molar-refractivity contribution in [2.45, 2.75) is 52.1 Å². The molecule has 0 spiro atoms. The zero-order chi connectivity index (χ0) is 9.03. The van der Waals surface area contributed by atoms with Crippen LogP contribution in [0.5, 0.6) is 0 Å². The van der Waals surface area contributed by atoms with Gasteiger partial charge in [-0.25, -0.2) is 0 Å². The summed E-state index contributed by atoms with van der Waals surface area (Å²) in [5.74, 6) is 0. The summed E-state index contributed by atoms with van der Waals surface area (Å²) in [6, 6.07) is 0. The van der Waals surface area contributed by atoms with Crippen molar-refractivity contribution in [2.24, 2.45) is 0 Å². The van der Waals surface area contributed by atoms with Gasteiger partial charge < -0.3 is 4.74 Å². The van der Waals surface area contributed by atoms with Gasteiger partial charge in [0, 0.05) is 0 Å². The molecule has 0 amide bonds. The molecule has 0 N–H and O–H groups in total. The molecular formula is C11H20O. The van der Waals surface area contributed by atoms with Gasteiger partial charge in [-0.05, 0) is 39.5 Å².